The Morgan fingerprint density at radius 3 is 2.39 bits per heavy atom. The monoisotopic (exact) mass is 483 g/mol. The van der Waals surface area contributed by atoms with Gasteiger partial charge in [0, 0.05) is 51.5 Å². The van der Waals surface area contributed by atoms with E-state index in [4.69, 9.17) is 9.47 Å². The van der Waals surface area contributed by atoms with Crippen molar-refractivity contribution in [1.29, 1.82) is 0 Å². The molecule has 2 aliphatic heterocycles. The number of sulfonamides is 1. The summed E-state index contributed by atoms with van der Waals surface area (Å²) >= 11 is 0. The molecular weight excluding hydrogens is 442 g/mol. The first kappa shape index (κ1) is 27.5. The Kier molecular flexibility index (Phi) is 11.6. The molecule has 0 spiro atoms. The van der Waals surface area contributed by atoms with Gasteiger partial charge < -0.3 is 14.4 Å². The van der Waals surface area contributed by atoms with E-state index in [2.05, 4.69) is 4.98 Å². The van der Waals surface area contributed by atoms with Crippen LogP contribution in [-0.4, -0.2) is 74.5 Å². The van der Waals surface area contributed by atoms with Crippen LogP contribution in [0.5, 0.6) is 5.88 Å². The standard InChI is InChI=1S/C22H35N3O5S.C2H6/c1-18-9-10-20-22(23-18)30-15-7-3-5-14-25(19-11-16-29-17-12-19)21(26)8-4-6-13-24(2)31(20,27)28;1-2/h9-10,19H,3-8,11-17H2,1-2H3;1-2H3. The van der Waals surface area contributed by atoms with Crippen LogP contribution in [0.4, 0.5) is 0 Å². The molecule has 33 heavy (non-hydrogen) atoms. The number of ether oxygens (including phenoxy) is 2. The van der Waals surface area contributed by atoms with E-state index in [-0.39, 0.29) is 22.7 Å². The number of rotatable bonds is 1. The molecule has 1 saturated heterocycles. The van der Waals surface area contributed by atoms with E-state index < -0.39 is 10.0 Å². The molecule has 0 radical (unpaired) electrons. The van der Waals surface area contributed by atoms with Crippen LogP contribution in [0.25, 0.3) is 0 Å². The molecule has 0 aromatic carbocycles. The first-order valence-corrected chi connectivity index (χ1v) is 13.8. The molecule has 0 aliphatic carbocycles. The molecule has 3 heterocycles. The lowest BCUT2D eigenvalue weighted by atomic mass is 10.0. The van der Waals surface area contributed by atoms with Gasteiger partial charge in [-0.1, -0.05) is 13.8 Å². The van der Waals surface area contributed by atoms with E-state index in [9.17, 15) is 13.2 Å². The highest BCUT2D eigenvalue weighted by molar-refractivity contribution is 7.89. The van der Waals surface area contributed by atoms with Crippen LogP contribution in [-0.2, 0) is 19.6 Å². The Bertz CT molecular complexity index is 841. The topological polar surface area (TPSA) is 89.0 Å². The number of hydrogen-bond donors (Lipinski definition) is 0. The van der Waals surface area contributed by atoms with Crippen molar-refractivity contribution < 1.29 is 22.7 Å². The van der Waals surface area contributed by atoms with Crippen LogP contribution in [0.15, 0.2) is 17.0 Å². The van der Waals surface area contributed by atoms with Gasteiger partial charge in [-0.25, -0.2) is 17.7 Å². The van der Waals surface area contributed by atoms with Crippen LogP contribution in [0.2, 0.25) is 0 Å². The maximum absolute atomic E-state index is 13.1. The van der Waals surface area contributed by atoms with Crippen molar-refractivity contribution in [3.63, 3.8) is 0 Å². The lowest BCUT2D eigenvalue weighted by Gasteiger charge is -2.34. The first-order valence-electron chi connectivity index (χ1n) is 12.3. The van der Waals surface area contributed by atoms with Crippen LogP contribution >= 0.6 is 0 Å². The quantitative estimate of drug-likeness (QED) is 0.604. The summed E-state index contributed by atoms with van der Waals surface area (Å²) in [7, 11) is -2.14. The summed E-state index contributed by atoms with van der Waals surface area (Å²) in [6, 6.07) is 3.51. The van der Waals surface area contributed by atoms with Crippen molar-refractivity contribution in [2.75, 3.05) is 40.0 Å². The lowest BCUT2D eigenvalue weighted by molar-refractivity contribution is -0.135. The molecule has 188 valence electrons. The van der Waals surface area contributed by atoms with Crippen molar-refractivity contribution in [3.05, 3.63) is 17.8 Å². The molecule has 1 amide bonds. The van der Waals surface area contributed by atoms with Gasteiger partial charge in [-0.2, -0.15) is 0 Å². The number of carbonyl (C=O) groups is 1. The number of carbonyl (C=O) groups excluding carboxylic acids is 1. The molecule has 8 nitrogen and oxygen atoms in total. The maximum atomic E-state index is 13.1. The summed E-state index contributed by atoms with van der Waals surface area (Å²) in [5.41, 5.74) is 0.719. The third kappa shape index (κ3) is 7.93. The van der Waals surface area contributed by atoms with Crippen molar-refractivity contribution in [3.8, 4) is 5.88 Å². The van der Waals surface area contributed by atoms with E-state index in [1.54, 1.807) is 19.2 Å². The Morgan fingerprint density at radius 2 is 1.67 bits per heavy atom. The van der Waals surface area contributed by atoms with Gasteiger partial charge in [0.2, 0.25) is 21.8 Å². The van der Waals surface area contributed by atoms with Gasteiger partial charge in [0.25, 0.3) is 0 Å². The molecule has 3 rings (SSSR count). The van der Waals surface area contributed by atoms with Crippen molar-refractivity contribution in [2.45, 2.75) is 83.1 Å². The second-order valence-corrected chi connectivity index (χ2v) is 10.4. The van der Waals surface area contributed by atoms with Crippen molar-refractivity contribution in [1.82, 2.24) is 14.2 Å². The number of pyridine rings is 1. The van der Waals surface area contributed by atoms with Gasteiger partial charge >= 0.3 is 0 Å². The Labute approximate surface area is 199 Å². The summed E-state index contributed by atoms with van der Waals surface area (Å²) in [6.07, 6.45) is 6.09. The molecule has 1 fully saturated rings. The molecule has 2 aliphatic rings. The van der Waals surface area contributed by atoms with E-state index in [0.29, 0.717) is 45.6 Å². The van der Waals surface area contributed by atoms with Crippen LogP contribution in [0, 0.1) is 6.92 Å². The second kappa shape index (κ2) is 13.9. The molecule has 0 unspecified atom stereocenters. The zero-order valence-electron chi connectivity index (χ0n) is 20.7. The van der Waals surface area contributed by atoms with Crippen LogP contribution < -0.4 is 4.74 Å². The minimum atomic E-state index is -3.71. The number of hydrogen-bond acceptors (Lipinski definition) is 6. The fourth-order valence-electron chi connectivity index (χ4n) is 4.10. The van der Waals surface area contributed by atoms with E-state index in [1.165, 1.54) is 4.31 Å². The Hall–Kier alpha value is -1.71. The van der Waals surface area contributed by atoms with Crippen LogP contribution in [0.1, 0.15) is 70.9 Å². The fourth-order valence-corrected chi connectivity index (χ4v) is 5.37. The third-order valence-electron chi connectivity index (χ3n) is 6.00. The molecule has 0 bridgehead atoms. The first-order chi connectivity index (χ1) is 15.9. The Morgan fingerprint density at radius 1 is 0.970 bits per heavy atom. The molecule has 0 N–H and O–H groups in total. The Balaban J connectivity index is 0.00000187. The summed E-state index contributed by atoms with van der Waals surface area (Å²) < 4.78 is 38.7. The van der Waals surface area contributed by atoms with Gasteiger partial charge in [-0.15, -0.1) is 0 Å². The van der Waals surface area contributed by atoms with Gasteiger partial charge in [0.1, 0.15) is 4.90 Å². The smallest absolute Gasteiger partial charge is 0.248 e. The van der Waals surface area contributed by atoms with Crippen LogP contribution in [0.3, 0.4) is 0 Å². The van der Waals surface area contributed by atoms with E-state index in [1.807, 2.05) is 25.7 Å². The second-order valence-electron chi connectivity index (χ2n) is 8.38. The summed E-state index contributed by atoms with van der Waals surface area (Å²) in [6.45, 7) is 8.73. The average molecular weight is 484 g/mol. The highest BCUT2D eigenvalue weighted by Crippen LogP contribution is 2.26. The molecular formula is C24H41N3O5S. The molecule has 1 aromatic rings. The zero-order valence-corrected chi connectivity index (χ0v) is 21.5. The summed E-state index contributed by atoms with van der Waals surface area (Å²) in [5, 5.41) is 0. The van der Waals surface area contributed by atoms with Crippen molar-refractivity contribution in [2.24, 2.45) is 0 Å². The van der Waals surface area contributed by atoms with Gasteiger partial charge in [0.05, 0.1) is 6.61 Å². The number of amides is 1. The number of aryl methyl sites for hydroxylation is 1. The molecule has 9 heteroatoms. The molecule has 0 atom stereocenters. The lowest BCUT2D eigenvalue weighted by Crippen LogP contribution is -2.44. The normalized spacial score (nSPS) is 21.9. The van der Waals surface area contributed by atoms with Gasteiger partial charge in [-0.3, -0.25) is 4.79 Å². The van der Waals surface area contributed by atoms with Gasteiger partial charge in [0.15, 0.2) is 0 Å². The summed E-state index contributed by atoms with van der Waals surface area (Å²) in [4.78, 5) is 19.4. The average Bonchev–Trinajstić information content (AvgIpc) is 2.82. The zero-order chi connectivity index (χ0) is 24.3. The highest BCUT2D eigenvalue weighted by Gasteiger charge is 2.27. The summed E-state index contributed by atoms with van der Waals surface area (Å²) in [5.74, 6) is 0.351. The fraction of sp³-hybridized carbons (Fsp3) is 0.750. The third-order valence-corrected chi connectivity index (χ3v) is 7.87. The number of fused-ring (bicyclic) bond motifs is 1. The molecule has 0 saturated carbocycles. The minimum Gasteiger partial charge on any atom is -0.477 e. The largest absolute Gasteiger partial charge is 0.477 e. The minimum absolute atomic E-state index is 0.106. The van der Waals surface area contributed by atoms with E-state index in [0.717, 1.165) is 44.3 Å². The predicted octanol–water partition coefficient (Wildman–Crippen LogP) is 3.78. The highest BCUT2D eigenvalue weighted by atomic mass is 32.2. The maximum Gasteiger partial charge on any atom is 0.248 e. The molecule has 1 aromatic heterocycles. The SMILES string of the molecule is CC.Cc1ccc2c(n1)OCCCCCN(C1CCOCC1)C(=O)CCCCN(C)S2(=O)=O. The van der Waals surface area contributed by atoms with Crippen molar-refractivity contribution >= 4 is 15.9 Å². The number of nitrogens with zero attached hydrogens (tertiary/aromatic N) is 3. The van der Waals surface area contributed by atoms with Gasteiger partial charge in [-0.05, 0) is 64.0 Å². The van der Waals surface area contributed by atoms with E-state index >= 15 is 0 Å². The predicted molar refractivity (Wildman–Crippen MR) is 129 cm³/mol. The number of aromatic nitrogens is 1.